The molecule has 31 heteroatoms. The van der Waals surface area contributed by atoms with Gasteiger partial charge in [0.2, 0.25) is 17.1 Å². The maximum absolute atomic E-state index is 13.5. The van der Waals surface area contributed by atoms with Crippen LogP contribution in [0.15, 0.2) is 78.5 Å². The second kappa shape index (κ2) is 24.2. The van der Waals surface area contributed by atoms with Gasteiger partial charge in [0.05, 0.1) is 37.1 Å². The van der Waals surface area contributed by atoms with E-state index >= 15 is 0 Å². The van der Waals surface area contributed by atoms with Crippen molar-refractivity contribution in [3.05, 3.63) is 70.0 Å². The van der Waals surface area contributed by atoms with Gasteiger partial charge in [-0.1, -0.05) is 17.4 Å². The molecule has 0 aliphatic heterocycles. The van der Waals surface area contributed by atoms with Gasteiger partial charge in [-0.3, -0.25) is 19.1 Å². The van der Waals surface area contributed by atoms with Gasteiger partial charge >= 0.3 is 130 Å². The number of anilines is 3. The molecule has 0 atom stereocenters. The Morgan fingerprint density at radius 1 is 0.789 bits per heavy atom. The zero-order valence-corrected chi connectivity index (χ0v) is 43.0. The van der Waals surface area contributed by atoms with Crippen molar-refractivity contribution in [2.45, 2.75) is 34.6 Å². The topological polar surface area (TPSA) is 333 Å². The van der Waals surface area contributed by atoms with E-state index in [1.54, 1.807) is 13.8 Å². The summed E-state index contributed by atoms with van der Waals surface area (Å²) in [6, 6.07) is 5.92. The molecule has 4 rings (SSSR count). The number of carbonyl (C=O) groups is 1. The van der Waals surface area contributed by atoms with Crippen LogP contribution in [-0.4, -0.2) is 76.9 Å². The van der Waals surface area contributed by atoms with Crippen molar-refractivity contribution in [3.63, 3.8) is 0 Å². The van der Waals surface area contributed by atoms with Gasteiger partial charge in [0.15, 0.2) is 0 Å². The molecule has 287 valence electrons. The first-order valence-corrected chi connectivity index (χ1v) is 18.7. The second-order valence-corrected chi connectivity index (χ2v) is 15.2. The van der Waals surface area contributed by atoms with Crippen molar-refractivity contribution in [1.82, 2.24) is 15.0 Å². The Hall–Kier alpha value is -0.561. The van der Waals surface area contributed by atoms with Gasteiger partial charge in [-0.2, -0.15) is 45.3 Å². The fraction of sp³-hybridized carbons (Fsp3) is 0.115. The summed E-state index contributed by atoms with van der Waals surface area (Å²) in [5.41, 5.74) is -0.831. The number of amidine groups is 1. The smallest absolute Gasteiger partial charge is 0.870 e. The summed E-state index contributed by atoms with van der Waals surface area (Å²) in [6.45, 7) is 3.30. The third-order valence-electron chi connectivity index (χ3n) is 6.04. The van der Waals surface area contributed by atoms with E-state index < -0.39 is 103 Å². The van der Waals surface area contributed by atoms with Crippen LogP contribution in [0, 0.1) is 0 Å². The van der Waals surface area contributed by atoms with Crippen molar-refractivity contribution >= 4 is 88.4 Å². The number of hydrogen-bond acceptors (Lipinski definition) is 16. The van der Waals surface area contributed by atoms with Crippen LogP contribution in [0.2, 0.25) is 10.3 Å². The van der Waals surface area contributed by atoms with Crippen molar-refractivity contribution in [1.29, 1.82) is 0 Å². The van der Waals surface area contributed by atoms with Gasteiger partial charge in [-0.25, -0.2) is 4.79 Å². The minimum absolute atomic E-state index is 0. The first-order valence-electron chi connectivity index (χ1n) is 13.6. The van der Waals surface area contributed by atoms with Crippen LogP contribution in [0.4, 0.5) is 23.0 Å². The van der Waals surface area contributed by atoms with Crippen LogP contribution in [0.3, 0.4) is 0 Å². The summed E-state index contributed by atoms with van der Waals surface area (Å²) < 4.78 is 105. The monoisotopic (exact) mass is 974 g/mol. The molecule has 1 heterocycles. The Morgan fingerprint density at radius 3 is 1.84 bits per heavy atom. The standard InChI is InChI=1S/C26H22Cl2N8O13S3.Cu.4Na/c1-11(2)49-26-31-24(28)30-25(32-26)29-19-9-14(52(46,47)48)10-20(21(19)37)34-36-22(15-7-12(50(40,41)42)3-5-17(15)27)35-33-18-6-4-13(51(43,44)45)8-16(18)23(38)39;;;;;/h3-11,34,37H,1-2H3,(H,38,39)(H,40,41,42)(H,43,44,45)(H,46,47,48)(H,29,30,31,32);;;;;/q;;4*+1/p-1. The Morgan fingerprint density at radius 2 is 1.32 bits per heavy atom. The third kappa shape index (κ3) is 16.7. The Bertz CT molecular complexity index is 2510. The number of nitrogens with one attached hydrogen (secondary N) is 2. The molecule has 0 bridgehead atoms. The van der Waals surface area contributed by atoms with E-state index in [0.29, 0.717) is 18.2 Å². The third-order valence-corrected chi connectivity index (χ3v) is 9.07. The molecular formula is C26H21Cl2CuN8Na4O13S3+3. The molecule has 0 unspecified atom stereocenters. The predicted molar refractivity (Wildman–Crippen MR) is 179 cm³/mol. The summed E-state index contributed by atoms with van der Waals surface area (Å²) in [4.78, 5) is 20.9. The van der Waals surface area contributed by atoms with Gasteiger partial charge in [0, 0.05) is 28.3 Å². The van der Waals surface area contributed by atoms with Crippen molar-refractivity contribution in [2.24, 2.45) is 15.3 Å². The van der Waals surface area contributed by atoms with Gasteiger partial charge in [-0.15, -0.1) is 10.2 Å². The maximum Gasteiger partial charge on any atom is 1.00 e. The number of aromatic carboxylic acids is 1. The zero-order chi connectivity index (χ0) is 38.8. The van der Waals surface area contributed by atoms with Crippen LogP contribution >= 0.6 is 23.2 Å². The second-order valence-electron chi connectivity index (χ2n) is 10.1. The SMILES string of the molecule is CC(C)Oc1nc(Cl)nc(Nc2cc(S(=O)(=O)O)cc(NN=C(N=Nc3ccc(S(=O)(=O)O)cc3C(=O)O)c3cc(S(=O)(=O)O)ccc3Cl)c2[O-])n1.[Cu].[Na+].[Na+].[Na+].[Na+]. The maximum atomic E-state index is 13.5. The first-order chi connectivity index (χ1) is 24.0. The van der Waals surface area contributed by atoms with Crippen LogP contribution < -0.4 is 139 Å². The largest absolute Gasteiger partial charge is 1.00 e. The number of carboxylic acid groups (broad SMARTS) is 1. The van der Waals surface area contributed by atoms with Crippen molar-refractivity contribution < 1.29 is 194 Å². The van der Waals surface area contributed by atoms with Gasteiger partial charge in [0.25, 0.3) is 30.4 Å². The van der Waals surface area contributed by atoms with Crippen molar-refractivity contribution in [3.8, 4) is 11.8 Å². The molecule has 0 fully saturated rings. The molecular weight excluding hydrogens is 955 g/mol. The number of hydrogen-bond donors (Lipinski definition) is 6. The van der Waals surface area contributed by atoms with Crippen LogP contribution in [0.25, 0.3) is 0 Å². The van der Waals surface area contributed by atoms with Gasteiger partial charge < -0.3 is 20.3 Å². The van der Waals surface area contributed by atoms with Crippen LogP contribution in [0.1, 0.15) is 29.8 Å². The normalized spacial score (nSPS) is 11.5. The minimum Gasteiger partial charge on any atom is -0.870 e. The Balaban J connectivity index is 0. The Labute approximate surface area is 433 Å². The number of azo groups is 1. The molecule has 0 aliphatic carbocycles. The molecule has 1 aromatic heterocycles. The summed E-state index contributed by atoms with van der Waals surface area (Å²) in [7, 11) is -14.8. The molecule has 0 saturated heterocycles. The van der Waals surface area contributed by atoms with Gasteiger partial charge in [0.1, 0.15) is 5.69 Å². The molecule has 0 saturated carbocycles. The molecule has 0 amide bonds. The molecule has 57 heavy (non-hydrogen) atoms. The number of nitrogens with zero attached hydrogens (tertiary/aromatic N) is 6. The summed E-state index contributed by atoms with van der Waals surface area (Å²) in [5.74, 6) is -3.91. The number of ether oxygens (including phenoxy) is 1. The first kappa shape index (κ1) is 58.5. The van der Waals surface area contributed by atoms with E-state index in [4.69, 9.17) is 27.9 Å². The summed E-state index contributed by atoms with van der Waals surface area (Å²) in [6.07, 6.45) is -0.414. The summed E-state index contributed by atoms with van der Waals surface area (Å²) in [5, 5.41) is 36.2. The predicted octanol–water partition coefficient (Wildman–Crippen LogP) is -8.21. The molecule has 0 aliphatic rings. The molecule has 4 aromatic rings. The number of halogens is 2. The molecule has 21 nitrogen and oxygen atoms in total. The quantitative estimate of drug-likeness (QED) is 0.0192. The fourth-order valence-corrected chi connectivity index (χ4v) is 5.72. The number of aromatic nitrogens is 3. The van der Waals surface area contributed by atoms with E-state index in [2.05, 4.69) is 41.0 Å². The average Bonchev–Trinajstić information content (AvgIpc) is 3.00. The zero-order valence-electron chi connectivity index (χ0n) is 30.1. The molecule has 1 radical (unpaired) electrons. The van der Waals surface area contributed by atoms with Crippen LogP contribution in [0.5, 0.6) is 11.8 Å². The van der Waals surface area contributed by atoms with E-state index in [0.717, 1.165) is 30.3 Å². The number of benzene rings is 3. The number of hydrazone groups is 1. The average molecular weight is 976 g/mol. The van der Waals surface area contributed by atoms with E-state index in [-0.39, 0.29) is 152 Å². The molecule has 3 aromatic carbocycles. The fourth-order valence-electron chi connectivity index (χ4n) is 3.82. The minimum atomic E-state index is -5.03. The van der Waals surface area contributed by atoms with E-state index in [1.165, 1.54) is 0 Å². The molecule has 6 N–H and O–H groups in total. The van der Waals surface area contributed by atoms with Crippen molar-refractivity contribution in [2.75, 3.05) is 10.7 Å². The van der Waals surface area contributed by atoms with Gasteiger partial charge in [-0.05, 0) is 74.0 Å². The Kier molecular flexibility index (Phi) is 24.8. The summed E-state index contributed by atoms with van der Waals surface area (Å²) >= 11 is 12.2. The number of rotatable bonds is 12. The molecule has 0 spiro atoms. The van der Waals surface area contributed by atoms with E-state index in [9.17, 15) is 53.9 Å². The van der Waals surface area contributed by atoms with E-state index in [1.807, 2.05) is 0 Å². The number of carboxylic acids is 1. The van der Waals surface area contributed by atoms with Crippen LogP contribution in [-0.2, 0) is 47.4 Å².